The highest BCUT2D eigenvalue weighted by Gasteiger charge is 2.27. The Morgan fingerprint density at radius 3 is 2.88 bits per heavy atom. The van der Waals surface area contributed by atoms with Crippen LogP contribution >= 0.6 is 27.7 Å². The minimum atomic E-state index is 0.548. The van der Waals surface area contributed by atoms with E-state index in [4.69, 9.17) is 0 Å². The molecule has 2 aromatic heterocycles. The van der Waals surface area contributed by atoms with Crippen LogP contribution < -0.4 is 0 Å². The van der Waals surface area contributed by atoms with Crippen molar-refractivity contribution >= 4 is 27.7 Å². The van der Waals surface area contributed by atoms with E-state index in [0.29, 0.717) is 5.92 Å². The highest BCUT2D eigenvalue weighted by molar-refractivity contribution is 9.10. The molecule has 1 saturated carbocycles. The van der Waals surface area contributed by atoms with Gasteiger partial charge >= 0.3 is 0 Å². The summed E-state index contributed by atoms with van der Waals surface area (Å²) >= 11 is 4.93. The molecule has 0 amide bonds. The van der Waals surface area contributed by atoms with E-state index in [0.717, 1.165) is 20.6 Å². The van der Waals surface area contributed by atoms with E-state index in [1.54, 1.807) is 11.0 Å². The van der Waals surface area contributed by atoms with Crippen LogP contribution in [0, 0.1) is 0 Å². The first-order valence-corrected chi connectivity index (χ1v) is 6.89. The fourth-order valence-electron chi connectivity index (χ4n) is 1.46. The average Bonchev–Trinajstić information content (AvgIpc) is 3.05. The summed E-state index contributed by atoms with van der Waals surface area (Å²) < 4.78 is 2.57. The molecular formula is C10H10BrN5S. The molecule has 2 aromatic rings. The van der Waals surface area contributed by atoms with Gasteiger partial charge in [0.05, 0.1) is 0 Å². The second-order valence-electron chi connectivity index (χ2n) is 3.93. The zero-order chi connectivity index (χ0) is 11.8. The third-order valence-electron chi connectivity index (χ3n) is 2.50. The smallest absolute Gasteiger partial charge is 0.192 e. The minimum absolute atomic E-state index is 0.548. The molecule has 0 N–H and O–H groups in total. The molecule has 3 rings (SSSR count). The van der Waals surface area contributed by atoms with Crippen LogP contribution in [0.4, 0.5) is 0 Å². The zero-order valence-corrected chi connectivity index (χ0v) is 11.6. The van der Waals surface area contributed by atoms with Crippen LogP contribution in [0.15, 0.2) is 27.2 Å². The maximum atomic E-state index is 4.55. The molecule has 5 nitrogen and oxygen atoms in total. The van der Waals surface area contributed by atoms with Crippen molar-refractivity contribution in [1.29, 1.82) is 0 Å². The van der Waals surface area contributed by atoms with Gasteiger partial charge in [0.2, 0.25) is 0 Å². The molecule has 88 valence electrons. The van der Waals surface area contributed by atoms with E-state index in [1.807, 2.05) is 13.1 Å². The van der Waals surface area contributed by atoms with E-state index in [2.05, 4.69) is 36.0 Å². The van der Waals surface area contributed by atoms with E-state index in [1.165, 1.54) is 24.6 Å². The summed E-state index contributed by atoms with van der Waals surface area (Å²) in [5.41, 5.74) is 0. The van der Waals surface area contributed by atoms with Gasteiger partial charge in [-0.2, -0.15) is 5.10 Å². The Balaban J connectivity index is 1.89. The van der Waals surface area contributed by atoms with Gasteiger partial charge in [0, 0.05) is 19.0 Å². The Kier molecular flexibility index (Phi) is 2.87. The van der Waals surface area contributed by atoms with E-state index in [9.17, 15) is 0 Å². The number of halogens is 1. The largest absolute Gasteiger partial charge is 0.244 e. The third-order valence-corrected chi connectivity index (χ3v) is 3.87. The van der Waals surface area contributed by atoms with Gasteiger partial charge in [-0.15, -0.1) is 0 Å². The maximum Gasteiger partial charge on any atom is 0.192 e. The van der Waals surface area contributed by atoms with Crippen molar-refractivity contribution < 1.29 is 0 Å². The molecule has 0 aliphatic heterocycles. The molecule has 0 aromatic carbocycles. The molecule has 0 radical (unpaired) electrons. The maximum absolute atomic E-state index is 4.55. The van der Waals surface area contributed by atoms with E-state index < -0.39 is 0 Å². The summed E-state index contributed by atoms with van der Waals surface area (Å²) in [6, 6.07) is 1.91. The van der Waals surface area contributed by atoms with Gasteiger partial charge < -0.3 is 0 Å². The summed E-state index contributed by atoms with van der Waals surface area (Å²) in [6.45, 7) is 0. The summed E-state index contributed by atoms with van der Waals surface area (Å²) in [7, 11) is 1.87. The lowest BCUT2D eigenvalue weighted by molar-refractivity contribution is 0.684. The van der Waals surface area contributed by atoms with Crippen molar-refractivity contribution in [1.82, 2.24) is 24.7 Å². The number of rotatable bonds is 3. The quantitative estimate of drug-likeness (QED) is 0.815. The standard InChI is InChI=1S/C10H10BrN5S/c1-16-10(12-5-13-16)17-8-4-7(11)14-9(15-8)6-2-3-6/h4-6H,2-3H2,1H3. The van der Waals surface area contributed by atoms with Crippen molar-refractivity contribution in [2.45, 2.75) is 28.9 Å². The molecule has 0 spiro atoms. The lowest BCUT2D eigenvalue weighted by Gasteiger charge is -2.03. The number of hydrogen-bond acceptors (Lipinski definition) is 5. The summed E-state index contributed by atoms with van der Waals surface area (Å²) in [5.74, 6) is 1.48. The monoisotopic (exact) mass is 311 g/mol. The van der Waals surface area contributed by atoms with Crippen LogP contribution in [-0.4, -0.2) is 24.7 Å². The van der Waals surface area contributed by atoms with E-state index >= 15 is 0 Å². The Bertz CT molecular complexity index is 551. The first-order valence-electron chi connectivity index (χ1n) is 5.29. The molecule has 0 unspecified atom stereocenters. The predicted octanol–water partition coefficient (Wildman–Crippen LogP) is 2.40. The molecule has 0 atom stereocenters. The normalized spacial score (nSPS) is 15.2. The van der Waals surface area contributed by atoms with Crippen molar-refractivity contribution in [3.05, 3.63) is 22.8 Å². The van der Waals surface area contributed by atoms with Gasteiger partial charge in [0.1, 0.15) is 21.8 Å². The molecule has 2 heterocycles. The highest BCUT2D eigenvalue weighted by atomic mass is 79.9. The average molecular weight is 312 g/mol. The van der Waals surface area contributed by atoms with Gasteiger partial charge in [0.15, 0.2) is 5.16 Å². The summed E-state index contributed by atoms with van der Waals surface area (Å²) in [4.78, 5) is 13.1. The Hall–Kier alpha value is -0.950. The lowest BCUT2D eigenvalue weighted by Crippen LogP contribution is -1.97. The van der Waals surface area contributed by atoms with Gasteiger partial charge in [0.25, 0.3) is 0 Å². The predicted molar refractivity (Wildman–Crippen MR) is 66.8 cm³/mol. The van der Waals surface area contributed by atoms with Gasteiger partial charge in [-0.05, 0) is 40.5 Å². The Morgan fingerprint density at radius 1 is 1.41 bits per heavy atom. The minimum Gasteiger partial charge on any atom is -0.244 e. The van der Waals surface area contributed by atoms with Gasteiger partial charge in [-0.1, -0.05) is 0 Å². The topological polar surface area (TPSA) is 56.5 Å². The van der Waals surface area contributed by atoms with Crippen molar-refractivity contribution in [2.24, 2.45) is 7.05 Å². The van der Waals surface area contributed by atoms with Crippen molar-refractivity contribution in [2.75, 3.05) is 0 Å². The fourth-order valence-corrected chi connectivity index (χ4v) is 2.79. The third kappa shape index (κ3) is 2.50. The second kappa shape index (κ2) is 4.38. The molecule has 1 aliphatic rings. The summed E-state index contributed by atoms with van der Waals surface area (Å²) in [6.07, 6.45) is 3.94. The molecule has 1 fully saturated rings. The first kappa shape index (κ1) is 11.2. The molecule has 7 heteroatoms. The van der Waals surface area contributed by atoms with Crippen LogP contribution in [0.25, 0.3) is 0 Å². The van der Waals surface area contributed by atoms with E-state index in [-0.39, 0.29) is 0 Å². The number of hydrogen-bond donors (Lipinski definition) is 0. The number of nitrogens with zero attached hydrogens (tertiary/aromatic N) is 5. The van der Waals surface area contributed by atoms with Crippen LogP contribution in [0.2, 0.25) is 0 Å². The van der Waals surface area contributed by atoms with Crippen LogP contribution in [0.5, 0.6) is 0 Å². The number of aryl methyl sites for hydroxylation is 1. The van der Waals surface area contributed by atoms with Crippen molar-refractivity contribution in [3.63, 3.8) is 0 Å². The lowest BCUT2D eigenvalue weighted by atomic mass is 10.4. The van der Waals surface area contributed by atoms with Gasteiger partial charge in [-0.25, -0.2) is 19.6 Å². The SMILES string of the molecule is Cn1ncnc1Sc1cc(Br)nc(C2CC2)n1. The first-order chi connectivity index (χ1) is 8.22. The molecule has 0 bridgehead atoms. The zero-order valence-electron chi connectivity index (χ0n) is 9.17. The van der Waals surface area contributed by atoms with Crippen LogP contribution in [-0.2, 0) is 7.05 Å². The molecule has 17 heavy (non-hydrogen) atoms. The molecular weight excluding hydrogens is 302 g/mol. The van der Waals surface area contributed by atoms with Crippen LogP contribution in [0.3, 0.4) is 0 Å². The van der Waals surface area contributed by atoms with Gasteiger partial charge in [-0.3, -0.25) is 0 Å². The fraction of sp³-hybridized carbons (Fsp3) is 0.400. The Labute approximate surface area is 111 Å². The summed E-state index contributed by atoms with van der Waals surface area (Å²) in [5, 5.41) is 5.77. The number of aromatic nitrogens is 5. The second-order valence-corrected chi connectivity index (χ2v) is 5.73. The molecule has 0 saturated heterocycles. The highest BCUT2D eigenvalue weighted by Crippen LogP contribution is 2.39. The van der Waals surface area contributed by atoms with Crippen molar-refractivity contribution in [3.8, 4) is 0 Å². The Morgan fingerprint density at radius 2 is 2.24 bits per heavy atom. The van der Waals surface area contributed by atoms with Crippen LogP contribution in [0.1, 0.15) is 24.6 Å². The molecule has 1 aliphatic carbocycles.